The Morgan fingerprint density at radius 3 is 2.46 bits per heavy atom. The average molecular weight is 487 g/mol. The molecule has 1 N–H and O–H groups in total. The summed E-state index contributed by atoms with van der Waals surface area (Å²) in [5.41, 5.74) is 4.59. The predicted molar refractivity (Wildman–Crippen MR) is 135 cm³/mol. The predicted octanol–water partition coefficient (Wildman–Crippen LogP) is 6.61. The van der Waals surface area contributed by atoms with Crippen LogP contribution in [0.3, 0.4) is 0 Å². The third kappa shape index (κ3) is 4.44. The van der Waals surface area contributed by atoms with E-state index in [9.17, 15) is 9.18 Å². The van der Waals surface area contributed by atoms with Gasteiger partial charge in [-0.3, -0.25) is 4.90 Å². The molecule has 0 saturated heterocycles. The maximum absolute atomic E-state index is 13.6. The highest BCUT2D eigenvalue weighted by Gasteiger charge is 2.36. The Bertz CT molecular complexity index is 1410. The fourth-order valence-electron chi connectivity index (χ4n) is 4.19. The van der Waals surface area contributed by atoms with Gasteiger partial charge in [0, 0.05) is 16.2 Å². The van der Waals surface area contributed by atoms with E-state index in [1.54, 1.807) is 28.8 Å². The minimum absolute atomic E-state index is 0.290. The summed E-state index contributed by atoms with van der Waals surface area (Å²) in [4.78, 5) is 20.7. The molecule has 2 heterocycles. The summed E-state index contributed by atoms with van der Waals surface area (Å²) in [5, 5.41) is 7.25. The number of thioether (sulfide) groups is 1. The van der Waals surface area contributed by atoms with Gasteiger partial charge in [-0.15, -0.1) is 11.8 Å². The molecule has 6 nitrogen and oxygen atoms in total. The van der Waals surface area contributed by atoms with Crippen LogP contribution in [0.2, 0.25) is 0 Å². The second-order valence-corrected chi connectivity index (χ2v) is 9.14. The van der Waals surface area contributed by atoms with E-state index < -0.39 is 6.04 Å². The zero-order chi connectivity index (χ0) is 24.5. The van der Waals surface area contributed by atoms with Gasteiger partial charge in [0.1, 0.15) is 5.82 Å². The molecule has 1 unspecified atom stereocenters. The SMILES string of the molecule is CSc1ccc(-c2noc(C3=C(C)N(c4cccc(C)c4)C(=O)NC3c3ccc(F)cc3)n2)cc1. The lowest BCUT2D eigenvalue weighted by Gasteiger charge is -2.35. The van der Waals surface area contributed by atoms with Crippen molar-refractivity contribution in [1.29, 1.82) is 0 Å². The van der Waals surface area contributed by atoms with E-state index >= 15 is 0 Å². The first kappa shape index (κ1) is 22.9. The second-order valence-electron chi connectivity index (χ2n) is 8.26. The van der Waals surface area contributed by atoms with Gasteiger partial charge in [0.15, 0.2) is 0 Å². The van der Waals surface area contributed by atoms with Crippen LogP contribution < -0.4 is 10.2 Å². The van der Waals surface area contributed by atoms with Gasteiger partial charge in [-0.25, -0.2) is 9.18 Å². The highest BCUT2D eigenvalue weighted by atomic mass is 32.2. The molecule has 1 aliphatic rings. The first-order chi connectivity index (χ1) is 16.9. The molecule has 0 radical (unpaired) electrons. The smallest absolute Gasteiger partial charge is 0.326 e. The van der Waals surface area contributed by atoms with Crippen molar-refractivity contribution in [2.45, 2.75) is 24.8 Å². The number of aryl methyl sites for hydroxylation is 1. The number of carbonyl (C=O) groups is 1. The molecule has 5 rings (SSSR count). The Kier molecular flexibility index (Phi) is 6.13. The summed E-state index contributed by atoms with van der Waals surface area (Å²) in [5.74, 6) is 0.386. The summed E-state index contributed by atoms with van der Waals surface area (Å²) >= 11 is 1.65. The maximum Gasteiger partial charge on any atom is 0.326 e. The van der Waals surface area contributed by atoms with Crippen LogP contribution in [0.1, 0.15) is 30.0 Å². The number of halogens is 1. The molecule has 4 aromatic rings. The Balaban J connectivity index is 1.63. The van der Waals surface area contributed by atoms with Crippen molar-refractivity contribution in [3.05, 3.63) is 101 Å². The van der Waals surface area contributed by atoms with E-state index in [0.29, 0.717) is 28.5 Å². The highest BCUT2D eigenvalue weighted by Crippen LogP contribution is 2.39. The van der Waals surface area contributed by atoms with Gasteiger partial charge >= 0.3 is 6.03 Å². The summed E-state index contributed by atoms with van der Waals surface area (Å²) in [6.07, 6.45) is 2.02. The first-order valence-corrected chi connectivity index (χ1v) is 12.3. The third-order valence-corrected chi connectivity index (χ3v) is 6.70. The number of anilines is 1. The lowest BCUT2D eigenvalue weighted by Crippen LogP contribution is -2.46. The van der Waals surface area contributed by atoms with Crippen molar-refractivity contribution < 1.29 is 13.7 Å². The van der Waals surface area contributed by atoms with E-state index in [-0.39, 0.29) is 11.8 Å². The van der Waals surface area contributed by atoms with Crippen LogP contribution in [0, 0.1) is 12.7 Å². The number of aromatic nitrogens is 2. The van der Waals surface area contributed by atoms with E-state index in [4.69, 9.17) is 4.52 Å². The summed E-state index contributed by atoms with van der Waals surface area (Å²) < 4.78 is 19.4. The Hall–Kier alpha value is -3.91. The molecule has 0 bridgehead atoms. The molecule has 0 spiro atoms. The number of amides is 2. The highest BCUT2D eigenvalue weighted by molar-refractivity contribution is 7.98. The van der Waals surface area contributed by atoms with Gasteiger partial charge in [0.25, 0.3) is 5.89 Å². The molecule has 0 fully saturated rings. The fraction of sp³-hybridized carbons (Fsp3) is 0.148. The van der Waals surface area contributed by atoms with E-state index in [0.717, 1.165) is 21.7 Å². The molecular formula is C27H23FN4O2S. The molecule has 1 atom stereocenters. The monoisotopic (exact) mass is 486 g/mol. The molecule has 8 heteroatoms. The lowest BCUT2D eigenvalue weighted by molar-refractivity contribution is 0.244. The van der Waals surface area contributed by atoms with Crippen molar-refractivity contribution in [3.8, 4) is 11.4 Å². The van der Waals surface area contributed by atoms with Crippen molar-refractivity contribution in [2.24, 2.45) is 0 Å². The Labute approximate surface area is 206 Å². The van der Waals surface area contributed by atoms with Crippen LogP contribution in [0.25, 0.3) is 17.0 Å². The molecule has 3 aromatic carbocycles. The quantitative estimate of drug-likeness (QED) is 0.322. The number of hydrogen-bond acceptors (Lipinski definition) is 5. The van der Waals surface area contributed by atoms with Crippen molar-refractivity contribution in [1.82, 2.24) is 15.5 Å². The summed E-state index contributed by atoms with van der Waals surface area (Å²) in [7, 11) is 0. The largest absolute Gasteiger partial charge is 0.334 e. The van der Waals surface area contributed by atoms with Crippen LogP contribution in [0.5, 0.6) is 0 Å². The number of rotatable bonds is 5. The normalized spacial score (nSPS) is 15.9. The minimum Gasteiger partial charge on any atom is -0.334 e. The van der Waals surface area contributed by atoms with Crippen LogP contribution in [0.15, 0.2) is 87.9 Å². The molecular weight excluding hydrogens is 463 g/mol. The minimum atomic E-state index is -0.587. The summed E-state index contributed by atoms with van der Waals surface area (Å²) in [6, 6.07) is 20.7. The first-order valence-electron chi connectivity index (χ1n) is 11.1. The number of urea groups is 1. The van der Waals surface area contributed by atoms with Gasteiger partial charge < -0.3 is 9.84 Å². The zero-order valence-electron chi connectivity index (χ0n) is 19.4. The van der Waals surface area contributed by atoms with Crippen molar-refractivity contribution in [3.63, 3.8) is 0 Å². The Morgan fingerprint density at radius 1 is 1.03 bits per heavy atom. The number of nitrogens with one attached hydrogen (secondary N) is 1. The third-order valence-electron chi connectivity index (χ3n) is 5.95. The van der Waals surface area contributed by atoms with E-state index in [1.165, 1.54) is 12.1 Å². The molecule has 0 aliphatic carbocycles. The van der Waals surface area contributed by atoms with Crippen LogP contribution in [-0.4, -0.2) is 22.4 Å². The van der Waals surface area contributed by atoms with Gasteiger partial charge in [-0.05, 0) is 79.8 Å². The standard InChI is InChI=1S/C27H23FN4O2S/c1-16-5-4-6-21(15-16)32-17(2)23(24(29-27(32)33)18-7-11-20(28)12-8-18)26-30-25(31-34-26)19-9-13-22(35-3)14-10-19/h4-15,24H,1-3H3,(H,29,33). The Morgan fingerprint density at radius 2 is 1.77 bits per heavy atom. The molecule has 35 heavy (non-hydrogen) atoms. The number of benzene rings is 3. The molecule has 176 valence electrons. The topological polar surface area (TPSA) is 71.3 Å². The fourth-order valence-corrected chi connectivity index (χ4v) is 4.60. The van der Waals surface area contributed by atoms with E-state index in [1.807, 2.05) is 68.6 Å². The maximum atomic E-state index is 13.6. The van der Waals surface area contributed by atoms with Crippen molar-refractivity contribution in [2.75, 3.05) is 11.2 Å². The van der Waals surface area contributed by atoms with Crippen LogP contribution in [0.4, 0.5) is 14.9 Å². The summed E-state index contributed by atoms with van der Waals surface area (Å²) in [6.45, 7) is 3.82. The zero-order valence-corrected chi connectivity index (χ0v) is 20.3. The molecule has 0 saturated carbocycles. The second kappa shape index (κ2) is 9.38. The van der Waals surface area contributed by atoms with Gasteiger partial charge in [0.05, 0.1) is 17.3 Å². The lowest BCUT2D eigenvalue weighted by atomic mass is 9.94. The van der Waals surface area contributed by atoms with Crippen LogP contribution >= 0.6 is 11.8 Å². The molecule has 2 amide bonds. The van der Waals surface area contributed by atoms with Crippen LogP contribution in [-0.2, 0) is 0 Å². The average Bonchev–Trinajstić information content (AvgIpc) is 3.34. The van der Waals surface area contributed by atoms with Gasteiger partial charge in [0.2, 0.25) is 5.82 Å². The van der Waals surface area contributed by atoms with Crippen molar-refractivity contribution >= 4 is 29.1 Å². The number of carbonyl (C=O) groups excluding carboxylic acids is 1. The number of hydrogen-bond donors (Lipinski definition) is 1. The molecule has 1 aliphatic heterocycles. The van der Waals surface area contributed by atoms with Gasteiger partial charge in [-0.2, -0.15) is 4.98 Å². The van der Waals surface area contributed by atoms with E-state index in [2.05, 4.69) is 15.5 Å². The number of nitrogens with zero attached hydrogens (tertiary/aromatic N) is 3. The molecule has 1 aromatic heterocycles. The number of allylic oxidation sites excluding steroid dienone is 1. The van der Waals surface area contributed by atoms with Gasteiger partial charge in [-0.1, -0.05) is 29.4 Å².